The molecule has 2 aromatic rings. The van der Waals surface area contributed by atoms with E-state index in [1.807, 2.05) is 19.2 Å². The summed E-state index contributed by atoms with van der Waals surface area (Å²) in [6.45, 7) is 0.759. The third-order valence-electron chi connectivity index (χ3n) is 2.23. The van der Waals surface area contributed by atoms with Gasteiger partial charge in [0.2, 0.25) is 0 Å². The molecular weight excluding hydrogens is 278 g/mol. The average Bonchev–Trinajstić information content (AvgIpc) is 2.84. The lowest BCUT2D eigenvalue weighted by molar-refractivity contribution is 0.418. The van der Waals surface area contributed by atoms with Crippen LogP contribution >= 0.6 is 34.5 Å². The van der Waals surface area contributed by atoms with Gasteiger partial charge < -0.3 is 15.4 Å². The predicted octanol–water partition coefficient (Wildman–Crippen LogP) is 3.09. The van der Waals surface area contributed by atoms with Gasteiger partial charge in [0.05, 0.1) is 18.0 Å². The Morgan fingerprint density at radius 2 is 2.29 bits per heavy atom. The Morgan fingerprint density at radius 3 is 2.88 bits per heavy atom. The Labute approximate surface area is 113 Å². The fourth-order valence-electron chi connectivity index (χ4n) is 1.46. The number of thiophene rings is 1. The second-order valence-electron chi connectivity index (χ2n) is 3.47. The van der Waals surface area contributed by atoms with E-state index in [0.29, 0.717) is 11.6 Å². The fraction of sp³-hybridized carbons (Fsp3) is 0.300. The number of methoxy groups -OCH3 is 1. The molecule has 0 unspecified atom stereocenters. The quantitative estimate of drug-likeness (QED) is 0.940. The van der Waals surface area contributed by atoms with Crippen molar-refractivity contribution in [3.8, 4) is 5.75 Å². The van der Waals surface area contributed by atoms with Crippen LogP contribution in [0.3, 0.4) is 0 Å². The van der Waals surface area contributed by atoms with E-state index in [1.54, 1.807) is 18.4 Å². The van der Waals surface area contributed by atoms with Crippen LogP contribution in [0.5, 0.6) is 5.75 Å². The second kappa shape index (κ2) is 5.12. The van der Waals surface area contributed by atoms with Crippen molar-refractivity contribution in [2.45, 2.75) is 6.54 Å². The summed E-state index contributed by atoms with van der Waals surface area (Å²) >= 11 is 8.80. The molecule has 0 aliphatic rings. The summed E-state index contributed by atoms with van der Waals surface area (Å²) in [7, 11) is 3.57. The molecule has 2 aromatic heterocycles. The molecule has 2 heterocycles. The van der Waals surface area contributed by atoms with Crippen LogP contribution in [0.4, 0.5) is 10.8 Å². The van der Waals surface area contributed by atoms with E-state index >= 15 is 0 Å². The third kappa shape index (κ3) is 2.65. The van der Waals surface area contributed by atoms with E-state index in [9.17, 15) is 0 Å². The summed E-state index contributed by atoms with van der Waals surface area (Å²) in [6.07, 6.45) is 0. The minimum Gasteiger partial charge on any atom is -0.490 e. The van der Waals surface area contributed by atoms with Crippen molar-refractivity contribution in [3.05, 3.63) is 21.3 Å². The van der Waals surface area contributed by atoms with E-state index in [-0.39, 0.29) is 0 Å². The molecule has 0 aliphatic heterocycles. The Morgan fingerprint density at radius 1 is 1.53 bits per heavy atom. The molecule has 0 radical (unpaired) electrons. The van der Waals surface area contributed by atoms with Gasteiger partial charge in [-0.15, -0.1) is 11.3 Å². The molecule has 92 valence electrons. The summed E-state index contributed by atoms with van der Waals surface area (Å²) in [4.78, 5) is 3.24. The zero-order valence-electron chi connectivity index (χ0n) is 9.44. The van der Waals surface area contributed by atoms with Gasteiger partial charge in [-0.1, -0.05) is 11.6 Å². The highest BCUT2D eigenvalue weighted by atomic mass is 35.5. The lowest BCUT2D eigenvalue weighted by atomic mass is 10.4. The number of hydrogen-bond donors (Lipinski definition) is 1. The van der Waals surface area contributed by atoms with Crippen molar-refractivity contribution in [1.82, 2.24) is 4.37 Å². The van der Waals surface area contributed by atoms with Crippen molar-refractivity contribution in [3.63, 3.8) is 0 Å². The Bertz CT molecular complexity index is 511. The van der Waals surface area contributed by atoms with Gasteiger partial charge in [0.15, 0.2) is 16.6 Å². The smallest absolute Gasteiger partial charge is 0.197 e. The molecule has 2 rings (SSSR count). The van der Waals surface area contributed by atoms with E-state index in [4.69, 9.17) is 22.1 Å². The number of aromatic nitrogens is 1. The van der Waals surface area contributed by atoms with Gasteiger partial charge in [0.1, 0.15) is 0 Å². The second-order valence-corrected chi connectivity index (χ2v) is 6.02. The number of nitrogen functional groups attached to an aromatic ring is 1. The van der Waals surface area contributed by atoms with Gasteiger partial charge in [-0.3, -0.25) is 0 Å². The van der Waals surface area contributed by atoms with Gasteiger partial charge >= 0.3 is 0 Å². The Hall–Kier alpha value is -0.980. The van der Waals surface area contributed by atoms with Gasteiger partial charge in [-0.25, -0.2) is 0 Å². The summed E-state index contributed by atoms with van der Waals surface area (Å²) in [5.41, 5.74) is 5.72. The number of anilines is 2. The molecule has 0 bridgehead atoms. The Kier molecular flexibility index (Phi) is 3.76. The number of nitrogens with two attached hydrogens (primary N) is 1. The number of rotatable bonds is 4. The molecule has 0 aliphatic carbocycles. The molecule has 0 fully saturated rings. The van der Waals surface area contributed by atoms with E-state index in [0.717, 1.165) is 15.9 Å². The first kappa shape index (κ1) is 12.5. The van der Waals surface area contributed by atoms with E-state index < -0.39 is 0 Å². The first-order valence-corrected chi connectivity index (χ1v) is 6.83. The first-order valence-electron chi connectivity index (χ1n) is 4.86. The van der Waals surface area contributed by atoms with Crippen LogP contribution in [0.2, 0.25) is 4.34 Å². The van der Waals surface area contributed by atoms with Crippen molar-refractivity contribution in [2.75, 3.05) is 24.8 Å². The maximum Gasteiger partial charge on any atom is 0.197 e. The van der Waals surface area contributed by atoms with Gasteiger partial charge in [-0.2, -0.15) is 4.37 Å². The van der Waals surface area contributed by atoms with Gasteiger partial charge in [0.25, 0.3) is 0 Å². The SMILES string of the molecule is COc1c(N)nsc1N(C)Cc1ccc(Cl)s1. The molecule has 0 amide bonds. The molecule has 2 N–H and O–H groups in total. The number of ether oxygens (including phenoxy) is 1. The topological polar surface area (TPSA) is 51.4 Å². The lowest BCUT2D eigenvalue weighted by Gasteiger charge is -2.16. The van der Waals surface area contributed by atoms with E-state index in [1.165, 1.54) is 16.4 Å². The monoisotopic (exact) mass is 289 g/mol. The molecule has 17 heavy (non-hydrogen) atoms. The van der Waals surface area contributed by atoms with Crippen LogP contribution < -0.4 is 15.4 Å². The molecular formula is C10H12ClN3OS2. The summed E-state index contributed by atoms with van der Waals surface area (Å²) in [5.74, 6) is 1.07. The zero-order valence-corrected chi connectivity index (χ0v) is 11.8. The average molecular weight is 290 g/mol. The maximum atomic E-state index is 5.90. The highest BCUT2D eigenvalue weighted by Gasteiger charge is 2.16. The van der Waals surface area contributed by atoms with Crippen LogP contribution in [-0.2, 0) is 6.54 Å². The number of halogens is 1. The molecule has 0 saturated heterocycles. The summed E-state index contributed by atoms with van der Waals surface area (Å²) in [6, 6.07) is 3.91. The zero-order chi connectivity index (χ0) is 12.4. The molecule has 0 spiro atoms. The predicted molar refractivity (Wildman–Crippen MR) is 74.5 cm³/mol. The lowest BCUT2D eigenvalue weighted by Crippen LogP contribution is -2.15. The van der Waals surface area contributed by atoms with Crippen molar-refractivity contribution >= 4 is 45.3 Å². The molecule has 7 heteroatoms. The fourth-order valence-corrected chi connectivity index (χ4v) is 3.35. The molecule has 0 atom stereocenters. The van der Waals surface area contributed by atoms with Gasteiger partial charge in [0, 0.05) is 11.9 Å². The van der Waals surface area contributed by atoms with E-state index in [2.05, 4.69) is 9.27 Å². The normalized spacial score (nSPS) is 10.5. The summed E-state index contributed by atoms with van der Waals surface area (Å²) < 4.78 is 10.1. The molecule has 0 saturated carbocycles. The molecule has 0 aromatic carbocycles. The van der Waals surface area contributed by atoms with Crippen LogP contribution in [0.25, 0.3) is 0 Å². The van der Waals surface area contributed by atoms with Crippen molar-refractivity contribution in [1.29, 1.82) is 0 Å². The third-order valence-corrected chi connectivity index (χ3v) is 4.40. The minimum atomic E-state index is 0.434. The Balaban J connectivity index is 2.16. The summed E-state index contributed by atoms with van der Waals surface area (Å²) in [5, 5.41) is 0.925. The highest BCUT2D eigenvalue weighted by Crippen LogP contribution is 2.38. The van der Waals surface area contributed by atoms with Crippen LogP contribution in [-0.4, -0.2) is 18.5 Å². The largest absolute Gasteiger partial charge is 0.490 e. The van der Waals surface area contributed by atoms with Crippen molar-refractivity contribution < 1.29 is 4.74 Å². The van der Waals surface area contributed by atoms with Gasteiger partial charge in [-0.05, 0) is 23.7 Å². The maximum absolute atomic E-state index is 5.90. The van der Waals surface area contributed by atoms with Crippen LogP contribution in [0.1, 0.15) is 4.88 Å². The van der Waals surface area contributed by atoms with Crippen LogP contribution in [0, 0.1) is 0 Å². The highest BCUT2D eigenvalue weighted by molar-refractivity contribution is 7.16. The standard InChI is InChI=1S/C10H12ClN3OS2/c1-14(5-6-3-4-7(11)16-6)10-8(15-2)9(12)13-17-10/h3-4H,5H2,1-2H3,(H2,12,13). The van der Waals surface area contributed by atoms with Crippen LogP contribution in [0.15, 0.2) is 12.1 Å². The molecule has 4 nitrogen and oxygen atoms in total. The number of hydrogen-bond acceptors (Lipinski definition) is 6. The van der Waals surface area contributed by atoms with Crippen molar-refractivity contribution in [2.24, 2.45) is 0 Å². The first-order chi connectivity index (χ1) is 8.11. The number of nitrogens with zero attached hydrogens (tertiary/aromatic N) is 2. The minimum absolute atomic E-state index is 0.434.